The summed E-state index contributed by atoms with van der Waals surface area (Å²) in [6, 6.07) is 10.8. The molecular formula is C28H38N4O6S. The van der Waals surface area contributed by atoms with E-state index in [9.17, 15) is 9.59 Å². The molecule has 0 radical (unpaired) electrons. The number of benzene rings is 2. The number of rotatable bonds is 16. The zero-order chi connectivity index (χ0) is 28.6. The minimum atomic E-state index is -0.522. The first-order valence-electron chi connectivity index (χ1n) is 12.9. The van der Waals surface area contributed by atoms with E-state index in [2.05, 4.69) is 21.1 Å². The summed E-state index contributed by atoms with van der Waals surface area (Å²) < 4.78 is 22.3. The topological polar surface area (TPSA) is 120 Å². The van der Waals surface area contributed by atoms with Crippen LogP contribution < -0.4 is 29.8 Å². The molecule has 0 aliphatic heterocycles. The van der Waals surface area contributed by atoms with Crippen molar-refractivity contribution in [2.24, 2.45) is 10.2 Å². The highest BCUT2D eigenvalue weighted by molar-refractivity contribution is 8.01. The molecule has 212 valence electrons. The van der Waals surface area contributed by atoms with Gasteiger partial charge in [-0.25, -0.2) is 10.9 Å². The van der Waals surface area contributed by atoms with Gasteiger partial charge in [-0.2, -0.15) is 10.2 Å². The van der Waals surface area contributed by atoms with Crippen molar-refractivity contribution in [3.05, 3.63) is 47.5 Å². The molecular weight excluding hydrogens is 520 g/mol. The van der Waals surface area contributed by atoms with E-state index in [0.717, 1.165) is 11.1 Å². The second kappa shape index (κ2) is 17.0. The molecule has 10 nitrogen and oxygen atoms in total. The molecule has 0 saturated carbocycles. The van der Waals surface area contributed by atoms with Crippen LogP contribution >= 0.6 is 11.8 Å². The van der Waals surface area contributed by atoms with Gasteiger partial charge in [0.2, 0.25) is 0 Å². The van der Waals surface area contributed by atoms with Gasteiger partial charge < -0.3 is 18.9 Å². The Morgan fingerprint density at radius 1 is 0.692 bits per heavy atom. The van der Waals surface area contributed by atoms with Crippen LogP contribution in [-0.4, -0.2) is 61.2 Å². The zero-order valence-corrected chi connectivity index (χ0v) is 24.2. The van der Waals surface area contributed by atoms with Gasteiger partial charge in [-0.05, 0) is 89.1 Å². The van der Waals surface area contributed by atoms with Crippen molar-refractivity contribution in [3.63, 3.8) is 0 Å². The lowest BCUT2D eigenvalue weighted by molar-refractivity contribution is -0.120. The van der Waals surface area contributed by atoms with Crippen molar-refractivity contribution in [3.8, 4) is 23.0 Å². The van der Waals surface area contributed by atoms with Gasteiger partial charge in [0, 0.05) is 0 Å². The van der Waals surface area contributed by atoms with Gasteiger partial charge in [0.25, 0.3) is 11.8 Å². The summed E-state index contributed by atoms with van der Waals surface area (Å²) in [5.74, 6) is 1.87. The fourth-order valence-electron chi connectivity index (χ4n) is 3.25. The van der Waals surface area contributed by atoms with Crippen LogP contribution in [0.15, 0.2) is 46.6 Å². The number of carbonyl (C=O) groups excluding carboxylic acids is 2. The molecule has 2 aromatic rings. The fraction of sp³-hybridized carbons (Fsp3) is 0.429. The molecule has 0 aromatic heterocycles. The highest BCUT2D eigenvalue weighted by Gasteiger charge is 2.21. The fourth-order valence-corrected chi connectivity index (χ4v) is 4.21. The lowest BCUT2D eigenvalue weighted by atomic mass is 10.2. The van der Waals surface area contributed by atoms with Gasteiger partial charge in [-0.15, -0.1) is 11.8 Å². The highest BCUT2D eigenvalue weighted by Crippen LogP contribution is 2.29. The van der Waals surface area contributed by atoms with Crippen LogP contribution in [0.5, 0.6) is 23.0 Å². The third kappa shape index (κ3) is 10.5. The predicted molar refractivity (Wildman–Crippen MR) is 156 cm³/mol. The van der Waals surface area contributed by atoms with Crippen molar-refractivity contribution in [2.75, 3.05) is 26.4 Å². The minimum Gasteiger partial charge on any atom is -0.490 e. The maximum Gasteiger partial charge on any atom is 0.252 e. The van der Waals surface area contributed by atoms with E-state index in [1.54, 1.807) is 38.1 Å². The van der Waals surface area contributed by atoms with Gasteiger partial charge in [-0.1, -0.05) is 0 Å². The van der Waals surface area contributed by atoms with Gasteiger partial charge in [-0.3, -0.25) is 9.59 Å². The molecule has 11 heteroatoms. The number of hydrogen-bond donors (Lipinski definition) is 2. The highest BCUT2D eigenvalue weighted by atomic mass is 32.2. The summed E-state index contributed by atoms with van der Waals surface area (Å²) in [7, 11) is 0. The van der Waals surface area contributed by atoms with Crippen LogP contribution in [0.3, 0.4) is 0 Å². The number of amides is 2. The molecule has 39 heavy (non-hydrogen) atoms. The van der Waals surface area contributed by atoms with E-state index in [4.69, 9.17) is 18.9 Å². The first kappa shape index (κ1) is 31.5. The molecule has 0 aliphatic rings. The SMILES string of the molecule is CCOc1ccc(C=NNC(=O)C(C)SC(C)C(=O)N/N=C\c2ccc(OCC)c(OCC)c2)cc1OCC. The number of carbonyl (C=O) groups is 2. The quantitative estimate of drug-likeness (QED) is 0.232. The van der Waals surface area contributed by atoms with Crippen LogP contribution in [0.1, 0.15) is 52.7 Å². The van der Waals surface area contributed by atoms with Crippen LogP contribution in [-0.2, 0) is 9.59 Å². The average Bonchev–Trinajstić information content (AvgIpc) is 2.91. The molecule has 0 aliphatic carbocycles. The summed E-state index contributed by atoms with van der Waals surface area (Å²) in [5, 5.41) is 7.03. The number of hydrogen-bond acceptors (Lipinski definition) is 9. The van der Waals surface area contributed by atoms with Crippen LogP contribution in [0.4, 0.5) is 0 Å². The largest absolute Gasteiger partial charge is 0.490 e. The first-order chi connectivity index (χ1) is 18.8. The Balaban J connectivity index is 1.87. The molecule has 0 bridgehead atoms. The van der Waals surface area contributed by atoms with E-state index in [1.165, 1.54) is 24.2 Å². The Bertz CT molecular complexity index is 1050. The number of thioether (sulfide) groups is 1. The number of nitrogens with zero attached hydrogens (tertiary/aromatic N) is 2. The van der Waals surface area contributed by atoms with E-state index in [-0.39, 0.29) is 11.8 Å². The van der Waals surface area contributed by atoms with Crippen LogP contribution in [0.25, 0.3) is 0 Å². The molecule has 0 heterocycles. The van der Waals surface area contributed by atoms with Crippen LogP contribution in [0.2, 0.25) is 0 Å². The third-order valence-electron chi connectivity index (χ3n) is 5.06. The third-order valence-corrected chi connectivity index (χ3v) is 6.30. The van der Waals surface area contributed by atoms with Gasteiger partial charge in [0.05, 0.1) is 49.4 Å². The predicted octanol–water partition coefficient (Wildman–Crippen LogP) is 4.39. The summed E-state index contributed by atoms with van der Waals surface area (Å²) in [4.78, 5) is 25.0. The van der Waals surface area contributed by atoms with E-state index in [1.807, 2.05) is 39.8 Å². The molecule has 2 amide bonds. The lowest BCUT2D eigenvalue weighted by Crippen LogP contribution is -2.33. The Morgan fingerprint density at radius 3 is 1.41 bits per heavy atom. The second-order valence-electron chi connectivity index (χ2n) is 8.03. The Labute approximate surface area is 234 Å². The monoisotopic (exact) mass is 558 g/mol. The van der Waals surface area contributed by atoms with E-state index >= 15 is 0 Å². The minimum absolute atomic E-state index is 0.326. The maximum absolute atomic E-state index is 12.5. The van der Waals surface area contributed by atoms with Crippen molar-refractivity contribution in [1.82, 2.24) is 10.9 Å². The van der Waals surface area contributed by atoms with Crippen molar-refractivity contribution >= 4 is 36.0 Å². The van der Waals surface area contributed by atoms with Gasteiger partial charge in [0.15, 0.2) is 23.0 Å². The smallest absolute Gasteiger partial charge is 0.252 e. The van der Waals surface area contributed by atoms with Crippen molar-refractivity contribution < 1.29 is 28.5 Å². The first-order valence-corrected chi connectivity index (χ1v) is 13.9. The molecule has 2 rings (SSSR count). The van der Waals surface area contributed by atoms with E-state index < -0.39 is 10.5 Å². The Kier molecular flexibility index (Phi) is 13.7. The van der Waals surface area contributed by atoms with Crippen molar-refractivity contribution in [1.29, 1.82) is 0 Å². The molecule has 2 N–H and O–H groups in total. The van der Waals surface area contributed by atoms with Crippen molar-refractivity contribution in [2.45, 2.75) is 52.0 Å². The number of ether oxygens (including phenoxy) is 4. The molecule has 2 atom stereocenters. The van der Waals surface area contributed by atoms with Crippen LogP contribution in [0, 0.1) is 0 Å². The molecule has 0 fully saturated rings. The lowest BCUT2D eigenvalue weighted by Gasteiger charge is -2.14. The zero-order valence-electron chi connectivity index (χ0n) is 23.4. The standard InChI is InChI=1S/C28H38N4O6S/c1-7-35-23-13-11-21(15-25(23)37-9-3)17-29-31-27(33)19(5)39-20(6)28(34)32-30-18-22-12-14-24(36-8-2)26(16-22)38-10-4/h11-20H,7-10H2,1-6H3,(H,31,33)(H,32,34)/b29-17-,30-18?. The molecule has 2 aromatic carbocycles. The number of nitrogens with one attached hydrogen (secondary N) is 2. The average molecular weight is 559 g/mol. The Morgan fingerprint density at radius 2 is 1.05 bits per heavy atom. The van der Waals surface area contributed by atoms with E-state index in [0.29, 0.717) is 49.4 Å². The maximum atomic E-state index is 12.5. The van der Waals surface area contributed by atoms with Gasteiger partial charge in [0.1, 0.15) is 0 Å². The summed E-state index contributed by atoms with van der Waals surface area (Å²) in [6.07, 6.45) is 3.05. The van der Waals surface area contributed by atoms with Gasteiger partial charge >= 0.3 is 0 Å². The number of hydrazone groups is 2. The normalized spacial score (nSPS) is 12.7. The summed E-state index contributed by atoms with van der Waals surface area (Å²) in [6.45, 7) is 13.1. The molecule has 0 saturated heterocycles. The summed E-state index contributed by atoms with van der Waals surface area (Å²) >= 11 is 1.20. The molecule has 2 unspecified atom stereocenters. The second-order valence-corrected chi connectivity index (χ2v) is 9.72. The Hall–Kier alpha value is -3.73. The molecule has 0 spiro atoms. The summed E-state index contributed by atoms with van der Waals surface area (Å²) in [5.41, 5.74) is 6.52.